The summed E-state index contributed by atoms with van der Waals surface area (Å²) in [4.78, 5) is 4.36. The predicted octanol–water partition coefficient (Wildman–Crippen LogP) is 4.89. The quantitative estimate of drug-likeness (QED) is 0.626. The topological polar surface area (TPSA) is 24.9 Å². The van der Waals surface area contributed by atoms with Gasteiger partial charge in [0, 0.05) is 24.2 Å². The van der Waals surface area contributed by atoms with Gasteiger partial charge in [-0.1, -0.05) is 30.3 Å². The molecule has 5 rings (SSSR count). The lowest BCUT2D eigenvalue weighted by Gasteiger charge is -2.27. The number of rotatable bonds is 2. The van der Waals surface area contributed by atoms with Crippen LogP contribution in [0, 0.1) is 6.92 Å². The van der Waals surface area contributed by atoms with E-state index in [1.807, 2.05) is 0 Å². The molecule has 0 bridgehead atoms. The zero-order valence-corrected chi connectivity index (χ0v) is 17.2. The van der Waals surface area contributed by atoms with E-state index in [4.69, 9.17) is 9.47 Å². The molecule has 0 N–H and O–H groups in total. The highest BCUT2D eigenvalue weighted by Crippen LogP contribution is 2.35. The Bertz CT molecular complexity index is 1060. The van der Waals surface area contributed by atoms with Gasteiger partial charge in [-0.2, -0.15) is 0 Å². The van der Waals surface area contributed by atoms with E-state index >= 15 is 0 Å². The average Bonchev–Trinajstić information content (AvgIpc) is 2.73. The van der Waals surface area contributed by atoms with Gasteiger partial charge in [0.15, 0.2) is 0 Å². The number of benzene rings is 3. The highest BCUT2D eigenvalue weighted by molar-refractivity contribution is 5.73. The SMILES string of the molecule is Cc1cc(-c2ccc(-c3ccc4c(c3)CN(C)CO4)cc2)cc2c1OCN(C)C2. The van der Waals surface area contributed by atoms with Crippen LogP contribution in [0.3, 0.4) is 0 Å². The monoisotopic (exact) mass is 386 g/mol. The molecule has 3 aromatic rings. The van der Waals surface area contributed by atoms with Crippen LogP contribution in [0.1, 0.15) is 16.7 Å². The van der Waals surface area contributed by atoms with E-state index < -0.39 is 0 Å². The third kappa shape index (κ3) is 3.50. The third-order valence-electron chi connectivity index (χ3n) is 5.71. The molecule has 0 spiro atoms. The van der Waals surface area contributed by atoms with E-state index in [0.717, 1.165) is 24.6 Å². The van der Waals surface area contributed by atoms with Crippen molar-refractivity contribution in [2.45, 2.75) is 20.0 Å². The summed E-state index contributed by atoms with van der Waals surface area (Å²) >= 11 is 0. The second-order valence-corrected chi connectivity index (χ2v) is 8.26. The normalized spacial score (nSPS) is 16.5. The van der Waals surface area contributed by atoms with Gasteiger partial charge < -0.3 is 9.47 Å². The Labute approximate surface area is 172 Å². The Morgan fingerprint density at radius 1 is 0.655 bits per heavy atom. The number of hydrogen-bond donors (Lipinski definition) is 0. The predicted molar refractivity (Wildman–Crippen MR) is 116 cm³/mol. The zero-order chi connectivity index (χ0) is 20.0. The van der Waals surface area contributed by atoms with Gasteiger partial charge in [0.05, 0.1) is 0 Å². The molecule has 2 heterocycles. The summed E-state index contributed by atoms with van der Waals surface area (Å²) in [7, 11) is 4.16. The summed E-state index contributed by atoms with van der Waals surface area (Å²) in [5.74, 6) is 2.05. The lowest BCUT2D eigenvalue weighted by molar-refractivity contribution is 0.121. The first-order valence-electron chi connectivity index (χ1n) is 10.1. The van der Waals surface area contributed by atoms with Crippen molar-refractivity contribution in [3.05, 3.63) is 71.3 Å². The number of nitrogens with zero attached hydrogens (tertiary/aromatic N) is 2. The molecule has 0 fully saturated rings. The smallest absolute Gasteiger partial charge is 0.142 e. The van der Waals surface area contributed by atoms with Crippen molar-refractivity contribution in [1.29, 1.82) is 0 Å². The van der Waals surface area contributed by atoms with Gasteiger partial charge >= 0.3 is 0 Å². The van der Waals surface area contributed by atoms with Gasteiger partial charge in [-0.25, -0.2) is 0 Å². The molecule has 29 heavy (non-hydrogen) atoms. The molecule has 0 unspecified atom stereocenters. The highest BCUT2D eigenvalue weighted by atomic mass is 16.5. The molecule has 0 aromatic heterocycles. The van der Waals surface area contributed by atoms with Crippen molar-refractivity contribution in [1.82, 2.24) is 9.80 Å². The maximum Gasteiger partial charge on any atom is 0.142 e. The molecule has 0 saturated heterocycles. The van der Waals surface area contributed by atoms with E-state index in [-0.39, 0.29) is 0 Å². The first-order chi connectivity index (χ1) is 14.1. The van der Waals surface area contributed by atoms with E-state index in [1.54, 1.807) is 0 Å². The summed E-state index contributed by atoms with van der Waals surface area (Å²) in [5, 5.41) is 0. The van der Waals surface area contributed by atoms with Gasteiger partial charge in [-0.05, 0) is 73.1 Å². The van der Waals surface area contributed by atoms with Gasteiger partial charge in [-0.3, -0.25) is 9.80 Å². The molecule has 0 atom stereocenters. The lowest BCUT2D eigenvalue weighted by atomic mass is 9.96. The van der Waals surface area contributed by atoms with Crippen LogP contribution in [-0.2, 0) is 13.1 Å². The van der Waals surface area contributed by atoms with Crippen LogP contribution in [0.2, 0.25) is 0 Å². The minimum Gasteiger partial charge on any atom is -0.478 e. The fraction of sp³-hybridized carbons (Fsp3) is 0.280. The van der Waals surface area contributed by atoms with Gasteiger partial charge in [0.2, 0.25) is 0 Å². The van der Waals surface area contributed by atoms with Crippen LogP contribution < -0.4 is 9.47 Å². The van der Waals surface area contributed by atoms with Crippen molar-refractivity contribution in [3.8, 4) is 33.8 Å². The Kier molecular flexibility index (Phi) is 4.53. The van der Waals surface area contributed by atoms with Gasteiger partial charge in [0.25, 0.3) is 0 Å². The second-order valence-electron chi connectivity index (χ2n) is 8.26. The van der Waals surface area contributed by atoms with Gasteiger partial charge in [-0.15, -0.1) is 0 Å². The molecule has 2 aliphatic rings. The van der Waals surface area contributed by atoms with Crippen molar-refractivity contribution in [2.75, 3.05) is 27.6 Å². The minimum atomic E-state index is 0.655. The van der Waals surface area contributed by atoms with Crippen LogP contribution in [-0.4, -0.2) is 37.4 Å². The number of ether oxygens (including phenoxy) is 2. The number of hydrogen-bond acceptors (Lipinski definition) is 4. The molecule has 4 nitrogen and oxygen atoms in total. The van der Waals surface area contributed by atoms with Crippen molar-refractivity contribution in [2.24, 2.45) is 0 Å². The van der Waals surface area contributed by atoms with Crippen LogP contribution in [0.4, 0.5) is 0 Å². The average molecular weight is 386 g/mol. The van der Waals surface area contributed by atoms with E-state index in [1.165, 1.54) is 38.9 Å². The maximum atomic E-state index is 5.90. The van der Waals surface area contributed by atoms with Crippen LogP contribution in [0.5, 0.6) is 11.5 Å². The van der Waals surface area contributed by atoms with Gasteiger partial charge in [0.1, 0.15) is 25.0 Å². The number of fused-ring (bicyclic) bond motifs is 2. The lowest BCUT2D eigenvalue weighted by Crippen LogP contribution is -2.28. The largest absolute Gasteiger partial charge is 0.478 e. The van der Waals surface area contributed by atoms with E-state index in [9.17, 15) is 0 Å². The van der Waals surface area contributed by atoms with Crippen LogP contribution >= 0.6 is 0 Å². The molecular formula is C25H26N2O2. The number of aryl methyl sites for hydroxylation is 1. The second kappa shape index (κ2) is 7.21. The Balaban J connectivity index is 1.45. The Hall–Kier alpha value is -2.82. The van der Waals surface area contributed by atoms with Crippen molar-refractivity contribution in [3.63, 3.8) is 0 Å². The Morgan fingerprint density at radius 3 is 2.00 bits per heavy atom. The summed E-state index contributed by atoms with van der Waals surface area (Å²) in [6.45, 7) is 5.29. The first-order valence-corrected chi connectivity index (χ1v) is 10.1. The molecule has 4 heteroatoms. The molecule has 0 amide bonds. The summed E-state index contributed by atoms with van der Waals surface area (Å²) in [5.41, 5.74) is 8.63. The van der Waals surface area contributed by atoms with Crippen LogP contribution in [0.25, 0.3) is 22.3 Å². The summed E-state index contributed by atoms with van der Waals surface area (Å²) in [6, 6.07) is 19.8. The Morgan fingerprint density at radius 2 is 1.24 bits per heavy atom. The van der Waals surface area contributed by atoms with Crippen molar-refractivity contribution >= 4 is 0 Å². The van der Waals surface area contributed by atoms with Crippen molar-refractivity contribution < 1.29 is 9.47 Å². The summed E-state index contributed by atoms with van der Waals surface area (Å²) < 4.78 is 11.7. The fourth-order valence-corrected chi connectivity index (χ4v) is 4.24. The molecule has 3 aromatic carbocycles. The molecule has 0 aliphatic carbocycles. The van der Waals surface area contributed by atoms with Crippen LogP contribution in [0.15, 0.2) is 54.6 Å². The third-order valence-corrected chi connectivity index (χ3v) is 5.71. The standard InChI is InChI=1S/C25H26N2O2/c1-17-10-21(12-23-14-27(3)16-29-25(17)23)19-6-4-18(5-7-19)20-8-9-24-22(11-20)13-26(2)15-28-24/h4-12H,13-16H2,1-3H3. The summed E-state index contributed by atoms with van der Waals surface area (Å²) in [6.07, 6.45) is 0. The fourth-order valence-electron chi connectivity index (χ4n) is 4.24. The molecule has 0 radical (unpaired) electrons. The molecule has 2 aliphatic heterocycles. The highest BCUT2D eigenvalue weighted by Gasteiger charge is 2.18. The zero-order valence-electron chi connectivity index (χ0n) is 17.2. The van der Waals surface area contributed by atoms with E-state index in [0.29, 0.717) is 13.5 Å². The molecule has 0 saturated carbocycles. The van der Waals surface area contributed by atoms with E-state index in [2.05, 4.69) is 85.4 Å². The molecule has 148 valence electrons. The molecular weight excluding hydrogens is 360 g/mol. The first kappa shape index (κ1) is 18.2. The minimum absolute atomic E-state index is 0.655. The maximum absolute atomic E-state index is 5.90.